The van der Waals surface area contributed by atoms with Gasteiger partial charge in [-0.3, -0.25) is 4.57 Å². The summed E-state index contributed by atoms with van der Waals surface area (Å²) in [5.74, 6) is -0.609. The summed E-state index contributed by atoms with van der Waals surface area (Å²) < 4.78 is 19.4. The van der Waals surface area contributed by atoms with E-state index < -0.39 is 12.4 Å². The molecule has 2 atom stereocenters. The van der Waals surface area contributed by atoms with E-state index in [0.717, 1.165) is 22.6 Å². The summed E-state index contributed by atoms with van der Waals surface area (Å²) in [7, 11) is 0. The highest BCUT2D eigenvalue weighted by Gasteiger charge is 2.51. The molecule has 3 rings (SSSR count). The Balaban J connectivity index is 2.28. The molecule has 7 heteroatoms. The van der Waals surface area contributed by atoms with Crippen molar-refractivity contribution in [2.24, 2.45) is 0 Å². The zero-order valence-electron chi connectivity index (χ0n) is 14.1. The fraction of sp³-hybridized carbons (Fsp3) is 0.158. The Hall–Kier alpha value is -2.50. The number of para-hydroxylation sites is 1. The number of allylic oxidation sites excluding steroid dienone is 1. The molecule has 2 aromatic carbocycles. The lowest BCUT2D eigenvalue weighted by Crippen LogP contribution is -2.22. The van der Waals surface area contributed by atoms with Crippen molar-refractivity contribution in [2.45, 2.75) is 12.7 Å². The lowest BCUT2D eigenvalue weighted by molar-refractivity contribution is 0.340. The van der Waals surface area contributed by atoms with Crippen molar-refractivity contribution >= 4 is 23.6 Å². The van der Waals surface area contributed by atoms with E-state index in [1.165, 1.54) is 0 Å². The van der Waals surface area contributed by atoms with E-state index in [0.29, 0.717) is 5.03 Å². The van der Waals surface area contributed by atoms with E-state index in [-0.39, 0.29) is 12.2 Å². The zero-order chi connectivity index (χ0) is 18.6. The molecule has 26 heavy (non-hydrogen) atoms. The van der Waals surface area contributed by atoms with Crippen LogP contribution in [0.2, 0.25) is 0 Å². The Kier molecular flexibility index (Phi) is 5.49. The van der Waals surface area contributed by atoms with Crippen LogP contribution in [0.15, 0.2) is 71.3 Å². The van der Waals surface area contributed by atoms with Gasteiger partial charge < -0.3 is 9.42 Å². The van der Waals surface area contributed by atoms with Crippen molar-refractivity contribution in [3.8, 4) is 12.1 Å². The first-order chi connectivity index (χ1) is 12.6. The van der Waals surface area contributed by atoms with Gasteiger partial charge >= 0.3 is 0 Å². The minimum Gasteiger partial charge on any atom is -0.319 e. The van der Waals surface area contributed by atoms with Gasteiger partial charge in [-0.25, -0.2) is 0 Å². The molecule has 0 aliphatic carbocycles. The molecule has 0 amide bonds. The van der Waals surface area contributed by atoms with Crippen LogP contribution in [-0.4, -0.2) is 6.61 Å². The van der Waals surface area contributed by atoms with Crippen molar-refractivity contribution in [3.63, 3.8) is 0 Å². The second-order valence-electron chi connectivity index (χ2n) is 5.44. The summed E-state index contributed by atoms with van der Waals surface area (Å²) in [6.07, 6.45) is 0. The lowest BCUT2D eigenvalue weighted by atomic mass is 10.2. The van der Waals surface area contributed by atoms with Gasteiger partial charge in [0.1, 0.15) is 23.0 Å². The van der Waals surface area contributed by atoms with Gasteiger partial charge in [0.15, 0.2) is 5.57 Å². The third-order valence-electron chi connectivity index (χ3n) is 3.86. The van der Waals surface area contributed by atoms with Gasteiger partial charge in [0, 0.05) is 5.69 Å². The Labute approximate surface area is 156 Å². The number of hydrogen-bond donors (Lipinski definition) is 0. The monoisotopic (exact) mass is 381 g/mol. The van der Waals surface area contributed by atoms with Crippen molar-refractivity contribution in [1.29, 1.82) is 10.5 Å². The molecule has 0 spiro atoms. The number of benzene rings is 2. The molecule has 2 unspecified atom stereocenters. The van der Waals surface area contributed by atoms with E-state index in [1.807, 2.05) is 72.8 Å². The van der Waals surface area contributed by atoms with Crippen molar-refractivity contribution < 1.29 is 9.09 Å². The summed E-state index contributed by atoms with van der Waals surface area (Å²) in [6.45, 7) is -1.22. The van der Waals surface area contributed by atoms with Crippen LogP contribution in [0, 0.1) is 22.7 Å². The van der Waals surface area contributed by atoms with Gasteiger partial charge in [-0.1, -0.05) is 48.5 Å². The van der Waals surface area contributed by atoms with Crippen molar-refractivity contribution in [3.05, 3.63) is 76.8 Å². The third kappa shape index (κ3) is 3.28. The number of hydrogen-bond acceptors (Lipinski definition) is 6. The van der Waals surface area contributed by atoms with Crippen molar-refractivity contribution in [1.82, 2.24) is 0 Å². The molecule has 1 aliphatic rings. The predicted molar refractivity (Wildman–Crippen MR) is 103 cm³/mol. The Morgan fingerprint density at radius 2 is 1.69 bits per heavy atom. The Morgan fingerprint density at radius 3 is 2.23 bits per heavy atom. The molecule has 0 bridgehead atoms. The smallest absolute Gasteiger partial charge is 0.290 e. The Morgan fingerprint density at radius 1 is 1.12 bits per heavy atom. The molecule has 1 fully saturated rings. The third-order valence-corrected chi connectivity index (χ3v) is 8.63. The van der Waals surface area contributed by atoms with Crippen LogP contribution in [0.4, 0.5) is 5.69 Å². The Bertz CT molecular complexity index is 932. The maximum atomic E-state index is 13.7. The van der Waals surface area contributed by atoms with Crippen LogP contribution >= 0.6 is 18.0 Å². The zero-order valence-corrected chi connectivity index (χ0v) is 15.8. The average molecular weight is 381 g/mol. The standard InChI is InChI=1S/C19H16N3O2PS/c1-2-24-25(23)18(15-9-5-3-6-10-15)22(17-11-7-4-8-12-17)19(26-25)16(13-20)14-21/h3-12,18H,2H2,1H3. The molecule has 1 heterocycles. The lowest BCUT2D eigenvalue weighted by Gasteiger charge is -2.28. The largest absolute Gasteiger partial charge is 0.319 e. The number of nitrogens with zero attached hydrogens (tertiary/aromatic N) is 3. The van der Waals surface area contributed by atoms with Gasteiger partial charge in [-0.05, 0) is 36.0 Å². The summed E-state index contributed by atoms with van der Waals surface area (Å²) in [6, 6.07) is 22.6. The van der Waals surface area contributed by atoms with Gasteiger partial charge in [0.2, 0.25) is 0 Å². The quantitative estimate of drug-likeness (QED) is 0.519. The molecule has 2 aromatic rings. The minimum atomic E-state index is -3.28. The highest BCUT2D eigenvalue weighted by molar-refractivity contribution is 8.59. The van der Waals surface area contributed by atoms with Crippen LogP contribution < -0.4 is 4.90 Å². The van der Waals surface area contributed by atoms with Gasteiger partial charge in [0.25, 0.3) is 6.57 Å². The van der Waals surface area contributed by atoms with Crippen molar-refractivity contribution in [2.75, 3.05) is 11.5 Å². The van der Waals surface area contributed by atoms with Crippen LogP contribution in [0.25, 0.3) is 0 Å². The molecular formula is C19H16N3O2PS. The minimum absolute atomic E-state index is 0.0720. The molecule has 1 saturated heterocycles. The van der Waals surface area contributed by atoms with Crippen LogP contribution in [0.5, 0.6) is 0 Å². The molecule has 1 aliphatic heterocycles. The fourth-order valence-corrected chi connectivity index (χ4v) is 8.04. The normalized spacial score (nSPS) is 21.9. The highest BCUT2D eigenvalue weighted by Crippen LogP contribution is 2.79. The molecule has 0 N–H and O–H groups in total. The van der Waals surface area contributed by atoms with E-state index >= 15 is 0 Å². The van der Waals surface area contributed by atoms with Crippen LogP contribution in [0.3, 0.4) is 0 Å². The topological polar surface area (TPSA) is 77.1 Å². The first-order valence-electron chi connectivity index (χ1n) is 8.02. The maximum Gasteiger partial charge on any atom is 0.290 e. The van der Waals surface area contributed by atoms with Crippen LogP contribution in [-0.2, 0) is 9.09 Å². The number of rotatable bonds is 4. The van der Waals surface area contributed by atoms with Gasteiger partial charge in [-0.15, -0.1) is 0 Å². The first-order valence-corrected chi connectivity index (χ1v) is 11.1. The van der Waals surface area contributed by atoms with E-state index in [9.17, 15) is 15.1 Å². The second-order valence-corrected chi connectivity index (χ2v) is 9.91. The molecule has 0 saturated carbocycles. The first kappa shape index (κ1) is 18.3. The molecule has 130 valence electrons. The summed E-state index contributed by atoms with van der Waals surface area (Å²) in [4.78, 5) is 1.79. The fourth-order valence-electron chi connectivity index (χ4n) is 2.83. The van der Waals surface area contributed by atoms with E-state index in [4.69, 9.17) is 4.52 Å². The second kappa shape index (κ2) is 7.81. The molecule has 0 aromatic heterocycles. The van der Waals surface area contributed by atoms with Gasteiger partial charge in [-0.2, -0.15) is 10.5 Å². The maximum absolute atomic E-state index is 13.7. The SMILES string of the molecule is CCOP1(=O)SC(=C(C#N)C#N)N(c2ccccc2)C1c1ccccc1. The number of anilines is 1. The molecule has 5 nitrogen and oxygen atoms in total. The summed E-state index contributed by atoms with van der Waals surface area (Å²) in [5.41, 5.74) is 1.49. The molecule has 0 radical (unpaired) electrons. The predicted octanol–water partition coefficient (Wildman–Crippen LogP) is 5.43. The van der Waals surface area contributed by atoms with E-state index in [1.54, 1.807) is 11.8 Å². The number of nitriles is 2. The van der Waals surface area contributed by atoms with Crippen LogP contribution in [0.1, 0.15) is 18.3 Å². The van der Waals surface area contributed by atoms with E-state index in [2.05, 4.69) is 0 Å². The summed E-state index contributed by atoms with van der Waals surface area (Å²) >= 11 is 0.995. The molecular weight excluding hydrogens is 365 g/mol. The highest BCUT2D eigenvalue weighted by atomic mass is 32.7. The van der Waals surface area contributed by atoms with Gasteiger partial charge in [0.05, 0.1) is 6.61 Å². The average Bonchev–Trinajstić information content (AvgIpc) is 2.97. The summed E-state index contributed by atoms with van der Waals surface area (Å²) in [5, 5.41) is 19.2.